The summed E-state index contributed by atoms with van der Waals surface area (Å²) in [5.74, 6) is 0.0944. The summed E-state index contributed by atoms with van der Waals surface area (Å²) in [5, 5.41) is 12.3. The van der Waals surface area contributed by atoms with Crippen molar-refractivity contribution in [2.45, 2.75) is 19.4 Å². The fraction of sp³-hybridized carbons (Fsp3) is 0.667. The smallest absolute Gasteiger partial charge is 0.358 e. The molecule has 1 unspecified atom stereocenters. The Bertz CT molecular complexity index is 403. The maximum Gasteiger partial charge on any atom is 0.358 e. The van der Waals surface area contributed by atoms with Gasteiger partial charge in [0.2, 0.25) is 0 Å². The molecule has 0 radical (unpaired) electrons. The number of carbonyl (C=O) groups is 1. The van der Waals surface area contributed by atoms with E-state index in [9.17, 15) is 4.79 Å². The molecule has 1 aliphatic heterocycles. The van der Waals surface area contributed by atoms with Gasteiger partial charge in [-0.3, -0.25) is 4.90 Å². The van der Waals surface area contributed by atoms with Crippen LogP contribution in [0.1, 0.15) is 29.1 Å². The molecule has 1 aliphatic rings. The van der Waals surface area contributed by atoms with E-state index in [1.54, 1.807) is 7.11 Å². The molecule has 2 heterocycles. The van der Waals surface area contributed by atoms with Gasteiger partial charge in [0.25, 0.3) is 0 Å². The van der Waals surface area contributed by atoms with Crippen molar-refractivity contribution in [2.24, 2.45) is 5.92 Å². The minimum atomic E-state index is -1.05. The van der Waals surface area contributed by atoms with Crippen molar-refractivity contribution >= 4 is 5.97 Å². The predicted molar refractivity (Wildman–Crippen MR) is 63.3 cm³/mol. The summed E-state index contributed by atoms with van der Waals surface area (Å²) in [6.07, 6.45) is 2.31. The Labute approximate surface area is 106 Å². The summed E-state index contributed by atoms with van der Waals surface area (Å²) >= 11 is 0. The number of carboxylic acids is 1. The van der Waals surface area contributed by atoms with Gasteiger partial charge in [0, 0.05) is 19.7 Å². The number of aromatic nitrogens is 1. The van der Waals surface area contributed by atoms with Crippen LogP contribution in [0.15, 0.2) is 10.6 Å². The van der Waals surface area contributed by atoms with E-state index < -0.39 is 5.97 Å². The third kappa shape index (κ3) is 3.30. The molecule has 0 spiro atoms. The number of carboxylic acid groups (broad SMARTS) is 1. The molecule has 1 saturated heterocycles. The molecule has 0 aliphatic carbocycles. The van der Waals surface area contributed by atoms with Crippen molar-refractivity contribution in [3.8, 4) is 0 Å². The summed E-state index contributed by atoms with van der Waals surface area (Å²) < 4.78 is 10.2. The van der Waals surface area contributed by atoms with E-state index in [2.05, 4.69) is 10.1 Å². The van der Waals surface area contributed by atoms with E-state index in [1.165, 1.54) is 12.5 Å². The van der Waals surface area contributed by atoms with Crippen molar-refractivity contribution in [1.29, 1.82) is 0 Å². The van der Waals surface area contributed by atoms with E-state index in [0.717, 1.165) is 26.1 Å². The topological polar surface area (TPSA) is 75.8 Å². The van der Waals surface area contributed by atoms with Gasteiger partial charge in [0.05, 0.1) is 13.2 Å². The number of nitrogens with zero attached hydrogens (tertiary/aromatic N) is 2. The second-order valence-corrected chi connectivity index (χ2v) is 4.68. The number of piperidine rings is 1. The van der Waals surface area contributed by atoms with Gasteiger partial charge in [-0.25, -0.2) is 4.79 Å². The summed E-state index contributed by atoms with van der Waals surface area (Å²) in [5.41, 5.74) is -0.0320. The van der Waals surface area contributed by atoms with Crippen molar-refractivity contribution in [2.75, 3.05) is 26.8 Å². The molecule has 18 heavy (non-hydrogen) atoms. The first kappa shape index (κ1) is 13.0. The van der Waals surface area contributed by atoms with Gasteiger partial charge in [-0.15, -0.1) is 0 Å². The van der Waals surface area contributed by atoms with Crippen molar-refractivity contribution in [3.63, 3.8) is 0 Å². The van der Waals surface area contributed by atoms with Crippen LogP contribution < -0.4 is 0 Å². The molecule has 1 fully saturated rings. The lowest BCUT2D eigenvalue weighted by molar-refractivity contribution is 0.0685. The van der Waals surface area contributed by atoms with Crippen LogP contribution in [0, 0.1) is 5.92 Å². The molecule has 0 aromatic carbocycles. The van der Waals surface area contributed by atoms with Crippen LogP contribution in [0.3, 0.4) is 0 Å². The summed E-state index contributed by atoms with van der Waals surface area (Å²) in [6, 6.07) is 1.49. The molecule has 6 heteroatoms. The zero-order chi connectivity index (χ0) is 13.0. The van der Waals surface area contributed by atoms with Gasteiger partial charge < -0.3 is 14.4 Å². The van der Waals surface area contributed by atoms with Crippen LogP contribution in [0.25, 0.3) is 0 Å². The van der Waals surface area contributed by atoms with Gasteiger partial charge >= 0.3 is 5.97 Å². The Morgan fingerprint density at radius 2 is 2.56 bits per heavy atom. The Balaban J connectivity index is 1.89. The first-order valence-corrected chi connectivity index (χ1v) is 6.09. The molecule has 0 amide bonds. The summed E-state index contributed by atoms with van der Waals surface area (Å²) in [4.78, 5) is 12.9. The van der Waals surface area contributed by atoms with E-state index in [1.807, 2.05) is 0 Å². The Morgan fingerprint density at radius 3 is 3.22 bits per heavy atom. The van der Waals surface area contributed by atoms with E-state index in [-0.39, 0.29) is 5.69 Å². The molecule has 1 aromatic rings. The lowest BCUT2D eigenvalue weighted by Crippen LogP contribution is -2.36. The number of likely N-dealkylation sites (tertiary alicyclic amines) is 1. The van der Waals surface area contributed by atoms with Crippen molar-refractivity contribution < 1.29 is 19.2 Å². The quantitative estimate of drug-likeness (QED) is 0.851. The van der Waals surface area contributed by atoms with Gasteiger partial charge in [-0.05, 0) is 25.3 Å². The van der Waals surface area contributed by atoms with Crippen LogP contribution in [0.2, 0.25) is 0 Å². The molecular weight excluding hydrogens is 236 g/mol. The lowest BCUT2D eigenvalue weighted by atomic mass is 9.99. The second-order valence-electron chi connectivity index (χ2n) is 4.68. The third-order valence-corrected chi connectivity index (χ3v) is 3.16. The first-order chi connectivity index (χ1) is 8.69. The highest BCUT2D eigenvalue weighted by atomic mass is 16.5. The Hall–Kier alpha value is -1.40. The van der Waals surface area contributed by atoms with Gasteiger partial charge in [0.1, 0.15) is 0 Å². The second kappa shape index (κ2) is 5.97. The molecule has 2 rings (SSSR count). The van der Waals surface area contributed by atoms with Crippen LogP contribution >= 0.6 is 0 Å². The van der Waals surface area contributed by atoms with Crippen molar-refractivity contribution in [1.82, 2.24) is 10.1 Å². The van der Waals surface area contributed by atoms with Crippen molar-refractivity contribution in [3.05, 3.63) is 17.5 Å². The average Bonchev–Trinajstić information content (AvgIpc) is 2.78. The molecule has 1 atom stereocenters. The third-order valence-electron chi connectivity index (χ3n) is 3.16. The highest BCUT2D eigenvalue weighted by Crippen LogP contribution is 2.19. The highest BCUT2D eigenvalue weighted by Gasteiger charge is 2.21. The largest absolute Gasteiger partial charge is 0.476 e. The minimum Gasteiger partial charge on any atom is -0.476 e. The number of methoxy groups -OCH3 is 1. The fourth-order valence-corrected chi connectivity index (χ4v) is 2.38. The number of ether oxygens (including phenoxy) is 1. The van der Waals surface area contributed by atoms with E-state index in [0.29, 0.717) is 18.2 Å². The van der Waals surface area contributed by atoms with Crippen LogP contribution in [0.4, 0.5) is 0 Å². The molecule has 1 N–H and O–H groups in total. The molecule has 0 bridgehead atoms. The van der Waals surface area contributed by atoms with Gasteiger partial charge in [-0.1, -0.05) is 5.16 Å². The molecule has 6 nitrogen and oxygen atoms in total. The zero-order valence-electron chi connectivity index (χ0n) is 10.5. The lowest BCUT2D eigenvalue weighted by Gasteiger charge is -2.31. The van der Waals surface area contributed by atoms with Crippen LogP contribution in [-0.2, 0) is 11.3 Å². The average molecular weight is 254 g/mol. The zero-order valence-corrected chi connectivity index (χ0v) is 10.5. The predicted octanol–water partition coefficient (Wildman–Crippen LogP) is 1.23. The SMILES string of the molecule is COCC1CCCN(Cc2cc(C(=O)O)no2)C1. The van der Waals surface area contributed by atoms with Crippen LogP contribution in [0.5, 0.6) is 0 Å². The summed E-state index contributed by atoms with van der Waals surface area (Å²) in [6.45, 7) is 3.34. The molecular formula is C12H18N2O4. The highest BCUT2D eigenvalue weighted by molar-refractivity contribution is 5.85. The van der Waals surface area contributed by atoms with Gasteiger partial charge in [-0.2, -0.15) is 0 Å². The molecule has 100 valence electrons. The Morgan fingerprint density at radius 1 is 1.72 bits per heavy atom. The van der Waals surface area contributed by atoms with E-state index in [4.69, 9.17) is 14.4 Å². The van der Waals surface area contributed by atoms with Gasteiger partial charge in [0.15, 0.2) is 11.5 Å². The monoisotopic (exact) mass is 254 g/mol. The fourth-order valence-electron chi connectivity index (χ4n) is 2.38. The molecule has 1 aromatic heterocycles. The number of rotatable bonds is 5. The standard InChI is InChI=1S/C12H18N2O4/c1-17-8-9-3-2-4-14(6-9)7-10-5-11(12(15)16)13-18-10/h5,9H,2-4,6-8H2,1H3,(H,15,16). The number of hydrogen-bond donors (Lipinski definition) is 1. The van der Waals surface area contributed by atoms with E-state index >= 15 is 0 Å². The van der Waals surface area contributed by atoms with Crippen LogP contribution in [-0.4, -0.2) is 47.9 Å². The normalized spacial score (nSPS) is 21.1. The summed E-state index contributed by atoms with van der Waals surface area (Å²) in [7, 11) is 1.72. The number of aromatic carboxylic acids is 1. The number of hydrogen-bond acceptors (Lipinski definition) is 5. The first-order valence-electron chi connectivity index (χ1n) is 6.09. The molecule has 0 saturated carbocycles. The maximum atomic E-state index is 10.7. The Kier molecular flexibility index (Phi) is 4.33. The maximum absolute atomic E-state index is 10.7. The minimum absolute atomic E-state index is 0.0320.